The summed E-state index contributed by atoms with van der Waals surface area (Å²) in [5, 5.41) is 0. The van der Waals surface area contributed by atoms with Crippen LogP contribution in [0.2, 0.25) is 0 Å². The lowest BCUT2D eigenvalue weighted by Crippen LogP contribution is -2.48. The van der Waals surface area contributed by atoms with E-state index in [2.05, 4.69) is 4.90 Å². The van der Waals surface area contributed by atoms with E-state index in [0.29, 0.717) is 13.2 Å². The van der Waals surface area contributed by atoms with Gasteiger partial charge in [-0.05, 0) is 43.1 Å². The van der Waals surface area contributed by atoms with Gasteiger partial charge in [0.2, 0.25) is 5.91 Å². The van der Waals surface area contributed by atoms with Crippen molar-refractivity contribution in [3.8, 4) is 0 Å². The molecule has 1 aliphatic carbocycles. The van der Waals surface area contributed by atoms with E-state index in [0.717, 1.165) is 31.5 Å². The van der Waals surface area contributed by atoms with Gasteiger partial charge in [-0.1, -0.05) is 6.07 Å². The summed E-state index contributed by atoms with van der Waals surface area (Å²) < 4.78 is 19.4. The highest BCUT2D eigenvalue weighted by atomic mass is 19.1. The second-order valence-corrected chi connectivity index (χ2v) is 6.55. The number of morpholine rings is 1. The van der Waals surface area contributed by atoms with E-state index in [9.17, 15) is 9.18 Å². The first-order chi connectivity index (χ1) is 11.0. The molecule has 3 rings (SSSR count). The number of primary amides is 1. The lowest BCUT2D eigenvalue weighted by Gasteiger charge is -2.38. The molecule has 1 heterocycles. The molecule has 126 valence electrons. The number of hydrogen-bond acceptors (Lipinski definition) is 4. The fraction of sp³-hybridized carbons (Fsp3) is 0.588. The molecule has 0 bridgehead atoms. The van der Waals surface area contributed by atoms with Crippen LogP contribution in [0.5, 0.6) is 0 Å². The number of halogens is 1. The molecule has 6 heteroatoms. The minimum atomic E-state index is -0.333. The summed E-state index contributed by atoms with van der Waals surface area (Å²) in [6, 6.07) is 5.40. The monoisotopic (exact) mass is 321 g/mol. The standard InChI is InChI=1S/C17H24FN3O2/c1-20(11-17(19)22)9-14-10-21(6-7-23-14)16-5-3-12-2-4-13(18)8-15(12)16/h2,4,8,14,16H,3,5-7,9-11H2,1H3,(H2,19,22). The number of carbonyl (C=O) groups is 1. The molecule has 5 nitrogen and oxygen atoms in total. The molecule has 0 aromatic heterocycles. The van der Waals surface area contributed by atoms with E-state index in [-0.39, 0.29) is 30.4 Å². The average molecular weight is 321 g/mol. The molecule has 2 N–H and O–H groups in total. The molecule has 2 atom stereocenters. The van der Waals surface area contributed by atoms with Crippen LogP contribution in [-0.4, -0.2) is 61.6 Å². The number of aryl methyl sites for hydroxylation is 1. The fourth-order valence-electron chi connectivity index (χ4n) is 3.74. The zero-order chi connectivity index (χ0) is 16.4. The van der Waals surface area contributed by atoms with E-state index in [1.807, 2.05) is 18.0 Å². The Labute approximate surface area is 136 Å². The van der Waals surface area contributed by atoms with Gasteiger partial charge < -0.3 is 10.5 Å². The van der Waals surface area contributed by atoms with Crippen LogP contribution in [0, 0.1) is 5.82 Å². The molecule has 1 fully saturated rings. The van der Waals surface area contributed by atoms with Crippen molar-refractivity contribution in [2.45, 2.75) is 25.0 Å². The third kappa shape index (κ3) is 3.88. The van der Waals surface area contributed by atoms with Crippen molar-refractivity contribution in [2.24, 2.45) is 5.73 Å². The van der Waals surface area contributed by atoms with Gasteiger partial charge in [-0.25, -0.2) is 4.39 Å². The largest absolute Gasteiger partial charge is 0.374 e. The number of hydrogen-bond donors (Lipinski definition) is 1. The van der Waals surface area contributed by atoms with Crippen molar-refractivity contribution in [3.63, 3.8) is 0 Å². The number of fused-ring (bicyclic) bond motifs is 1. The number of carbonyl (C=O) groups excluding carboxylic acids is 1. The number of amides is 1. The van der Waals surface area contributed by atoms with E-state index < -0.39 is 0 Å². The van der Waals surface area contributed by atoms with E-state index in [1.165, 1.54) is 5.56 Å². The van der Waals surface area contributed by atoms with Crippen molar-refractivity contribution in [3.05, 3.63) is 35.1 Å². The summed E-state index contributed by atoms with van der Waals surface area (Å²) in [7, 11) is 1.87. The average Bonchev–Trinajstić information content (AvgIpc) is 2.89. The molecule has 1 aromatic rings. The topological polar surface area (TPSA) is 58.8 Å². The summed E-state index contributed by atoms with van der Waals surface area (Å²) in [6.07, 6.45) is 2.08. The molecule has 1 aromatic carbocycles. The number of nitrogens with zero attached hydrogens (tertiary/aromatic N) is 2. The van der Waals surface area contributed by atoms with Gasteiger partial charge in [-0.2, -0.15) is 0 Å². The van der Waals surface area contributed by atoms with E-state index in [4.69, 9.17) is 10.5 Å². The molecule has 23 heavy (non-hydrogen) atoms. The summed E-state index contributed by atoms with van der Waals surface area (Å²) in [5.41, 5.74) is 7.60. The van der Waals surface area contributed by atoms with Crippen LogP contribution in [0.15, 0.2) is 18.2 Å². The van der Waals surface area contributed by atoms with Gasteiger partial charge in [0.05, 0.1) is 19.3 Å². The predicted octanol–water partition coefficient (Wildman–Crippen LogP) is 0.931. The maximum Gasteiger partial charge on any atom is 0.231 e. The molecule has 0 saturated carbocycles. The third-order valence-electron chi connectivity index (χ3n) is 4.71. The zero-order valence-corrected chi connectivity index (χ0v) is 13.5. The molecule has 1 saturated heterocycles. The molecule has 0 radical (unpaired) electrons. The molecule has 0 spiro atoms. The fourth-order valence-corrected chi connectivity index (χ4v) is 3.74. The van der Waals surface area contributed by atoms with Gasteiger partial charge in [0.15, 0.2) is 0 Å². The van der Waals surface area contributed by atoms with Crippen molar-refractivity contribution in [2.75, 3.05) is 39.8 Å². The first kappa shape index (κ1) is 16.4. The zero-order valence-electron chi connectivity index (χ0n) is 13.5. The van der Waals surface area contributed by atoms with Crippen molar-refractivity contribution >= 4 is 5.91 Å². The van der Waals surface area contributed by atoms with Crippen molar-refractivity contribution < 1.29 is 13.9 Å². The normalized spacial score (nSPS) is 24.8. The summed E-state index contributed by atoms with van der Waals surface area (Å²) in [4.78, 5) is 15.3. The van der Waals surface area contributed by atoms with Crippen molar-refractivity contribution in [1.29, 1.82) is 0 Å². The molecular formula is C17H24FN3O2. The first-order valence-electron chi connectivity index (χ1n) is 8.14. The summed E-state index contributed by atoms with van der Waals surface area (Å²) in [5.74, 6) is -0.498. The molecule has 1 amide bonds. The van der Waals surface area contributed by atoms with Gasteiger partial charge >= 0.3 is 0 Å². The van der Waals surface area contributed by atoms with Gasteiger partial charge in [-0.3, -0.25) is 14.6 Å². The number of benzene rings is 1. The Hall–Kier alpha value is -1.50. The Balaban J connectivity index is 1.64. The molecular weight excluding hydrogens is 297 g/mol. The molecule has 2 unspecified atom stereocenters. The van der Waals surface area contributed by atoms with Crippen LogP contribution in [0.25, 0.3) is 0 Å². The quantitative estimate of drug-likeness (QED) is 0.876. The highest BCUT2D eigenvalue weighted by Crippen LogP contribution is 2.36. The Bertz CT molecular complexity index is 581. The Morgan fingerprint density at radius 1 is 1.52 bits per heavy atom. The SMILES string of the molecule is CN(CC(N)=O)CC1CN(C2CCc3ccc(F)cc32)CCO1. The summed E-state index contributed by atoms with van der Waals surface area (Å²) >= 11 is 0. The van der Waals surface area contributed by atoms with Crippen LogP contribution in [-0.2, 0) is 16.0 Å². The number of rotatable bonds is 5. The minimum absolute atomic E-state index is 0.0470. The van der Waals surface area contributed by atoms with Crippen LogP contribution in [0.1, 0.15) is 23.6 Å². The van der Waals surface area contributed by atoms with Crippen molar-refractivity contribution in [1.82, 2.24) is 9.80 Å². The maximum absolute atomic E-state index is 13.6. The Morgan fingerprint density at radius 3 is 3.13 bits per heavy atom. The van der Waals surface area contributed by atoms with Gasteiger partial charge in [0, 0.05) is 25.7 Å². The molecule has 2 aliphatic rings. The molecule has 1 aliphatic heterocycles. The third-order valence-corrected chi connectivity index (χ3v) is 4.71. The van der Waals surface area contributed by atoms with Crippen LogP contribution in [0.3, 0.4) is 0 Å². The Morgan fingerprint density at radius 2 is 2.35 bits per heavy atom. The second kappa shape index (κ2) is 6.95. The van der Waals surface area contributed by atoms with Gasteiger partial charge in [0.1, 0.15) is 5.82 Å². The van der Waals surface area contributed by atoms with E-state index >= 15 is 0 Å². The van der Waals surface area contributed by atoms with Crippen LogP contribution >= 0.6 is 0 Å². The lowest BCUT2D eigenvalue weighted by molar-refractivity contribution is -0.119. The maximum atomic E-state index is 13.6. The minimum Gasteiger partial charge on any atom is -0.374 e. The number of ether oxygens (including phenoxy) is 1. The number of nitrogens with two attached hydrogens (primary N) is 1. The van der Waals surface area contributed by atoms with Gasteiger partial charge in [-0.15, -0.1) is 0 Å². The van der Waals surface area contributed by atoms with E-state index in [1.54, 1.807) is 12.1 Å². The number of likely N-dealkylation sites (N-methyl/N-ethyl adjacent to an activating group) is 1. The van der Waals surface area contributed by atoms with Crippen LogP contribution < -0.4 is 5.73 Å². The Kier molecular flexibility index (Phi) is 4.94. The smallest absolute Gasteiger partial charge is 0.231 e. The first-order valence-corrected chi connectivity index (χ1v) is 8.14. The predicted molar refractivity (Wildman–Crippen MR) is 85.5 cm³/mol. The highest BCUT2D eigenvalue weighted by Gasteiger charge is 2.32. The lowest BCUT2D eigenvalue weighted by atomic mass is 10.1. The van der Waals surface area contributed by atoms with Gasteiger partial charge in [0.25, 0.3) is 0 Å². The second-order valence-electron chi connectivity index (χ2n) is 6.55. The summed E-state index contributed by atoms with van der Waals surface area (Å²) in [6.45, 7) is 3.22. The van der Waals surface area contributed by atoms with Crippen LogP contribution in [0.4, 0.5) is 4.39 Å². The highest BCUT2D eigenvalue weighted by molar-refractivity contribution is 5.75.